The van der Waals surface area contributed by atoms with Gasteiger partial charge in [-0.2, -0.15) is 0 Å². The molecule has 0 amide bonds. The molecule has 0 aromatic carbocycles. The van der Waals surface area contributed by atoms with Gasteiger partial charge in [0.25, 0.3) is 5.56 Å². The summed E-state index contributed by atoms with van der Waals surface area (Å²) in [5.41, 5.74) is 2.43. The smallest absolute Gasteiger partial charge is 0.258 e. The van der Waals surface area contributed by atoms with Crippen LogP contribution in [0.1, 0.15) is 11.3 Å². The van der Waals surface area contributed by atoms with Crippen molar-refractivity contribution in [3.05, 3.63) is 46.0 Å². The molecule has 1 fully saturated rings. The van der Waals surface area contributed by atoms with Gasteiger partial charge in [0.05, 0.1) is 25.0 Å². The molecule has 0 aliphatic carbocycles. The van der Waals surface area contributed by atoms with E-state index in [4.69, 9.17) is 4.74 Å². The Balaban J connectivity index is 1.85. The minimum atomic E-state index is -0.150. The first-order chi connectivity index (χ1) is 10.2. The number of aliphatic hydroxyl groups is 1. The average molecular weight is 289 g/mol. The molecule has 0 bridgehead atoms. The number of hydrogen-bond donors (Lipinski definition) is 1. The fourth-order valence-electron chi connectivity index (χ4n) is 2.60. The van der Waals surface area contributed by atoms with E-state index in [0.29, 0.717) is 25.3 Å². The van der Waals surface area contributed by atoms with Gasteiger partial charge in [-0.05, 0) is 24.6 Å². The predicted octanol–water partition coefficient (Wildman–Crippen LogP) is 0.196. The van der Waals surface area contributed by atoms with Crippen molar-refractivity contribution >= 4 is 5.65 Å². The zero-order valence-electron chi connectivity index (χ0n) is 12.0. The average Bonchev–Trinajstić information content (AvgIpc) is 2.47. The van der Waals surface area contributed by atoms with Crippen molar-refractivity contribution in [2.75, 3.05) is 26.3 Å². The number of aromatic nitrogens is 2. The van der Waals surface area contributed by atoms with Crippen molar-refractivity contribution in [2.24, 2.45) is 0 Å². The maximum atomic E-state index is 12.1. The first kappa shape index (κ1) is 14.2. The lowest BCUT2D eigenvalue weighted by Gasteiger charge is -2.31. The molecule has 6 heteroatoms. The number of hydrogen-bond acceptors (Lipinski definition) is 5. The molecule has 2 aromatic heterocycles. The van der Waals surface area contributed by atoms with Crippen molar-refractivity contribution in [3.63, 3.8) is 0 Å². The number of rotatable bonds is 3. The van der Waals surface area contributed by atoms with Crippen LogP contribution in [0.4, 0.5) is 0 Å². The molecule has 6 nitrogen and oxygen atoms in total. The standard InChI is InChI=1S/C15H19N3O3/c1-11-2-3-18-14(6-11)16-12(7-15(18)20)8-17-4-5-21-13(9-17)10-19/h2-3,6-7,13,19H,4-5,8-10H2,1H3. The number of morpholine rings is 1. The summed E-state index contributed by atoms with van der Waals surface area (Å²) in [6.45, 7) is 4.63. The molecule has 0 saturated carbocycles. The van der Waals surface area contributed by atoms with Crippen molar-refractivity contribution in [1.29, 1.82) is 0 Å². The zero-order chi connectivity index (χ0) is 14.8. The Bertz CT molecular complexity index is 698. The van der Waals surface area contributed by atoms with E-state index in [-0.39, 0.29) is 18.3 Å². The predicted molar refractivity (Wildman–Crippen MR) is 78.3 cm³/mol. The molecule has 1 aliphatic heterocycles. The second kappa shape index (κ2) is 5.93. The van der Waals surface area contributed by atoms with Gasteiger partial charge in [-0.3, -0.25) is 14.1 Å². The van der Waals surface area contributed by atoms with E-state index in [9.17, 15) is 9.90 Å². The SMILES string of the molecule is Cc1ccn2c(=O)cc(CN3CCOC(CO)C3)nc2c1. The van der Waals surface area contributed by atoms with Crippen molar-refractivity contribution in [1.82, 2.24) is 14.3 Å². The lowest BCUT2D eigenvalue weighted by atomic mass is 10.2. The fraction of sp³-hybridized carbons (Fsp3) is 0.467. The van der Waals surface area contributed by atoms with Crippen molar-refractivity contribution in [2.45, 2.75) is 19.6 Å². The van der Waals surface area contributed by atoms with Crippen molar-refractivity contribution in [3.8, 4) is 0 Å². The number of aliphatic hydroxyl groups excluding tert-OH is 1. The molecule has 0 radical (unpaired) electrons. The van der Waals surface area contributed by atoms with Gasteiger partial charge < -0.3 is 9.84 Å². The van der Waals surface area contributed by atoms with E-state index in [1.807, 2.05) is 19.1 Å². The van der Waals surface area contributed by atoms with Crippen LogP contribution in [0.25, 0.3) is 5.65 Å². The van der Waals surface area contributed by atoms with E-state index in [1.54, 1.807) is 16.7 Å². The number of nitrogens with zero attached hydrogens (tertiary/aromatic N) is 3. The topological polar surface area (TPSA) is 67.1 Å². The minimum absolute atomic E-state index is 0.0174. The van der Waals surface area contributed by atoms with Crippen LogP contribution < -0.4 is 5.56 Å². The van der Waals surface area contributed by atoms with Crippen LogP contribution in [0, 0.1) is 6.92 Å². The number of fused-ring (bicyclic) bond motifs is 1. The van der Waals surface area contributed by atoms with Crippen LogP contribution in [-0.2, 0) is 11.3 Å². The zero-order valence-corrected chi connectivity index (χ0v) is 12.0. The molecule has 21 heavy (non-hydrogen) atoms. The van der Waals surface area contributed by atoms with E-state index in [0.717, 1.165) is 17.8 Å². The van der Waals surface area contributed by atoms with Crippen LogP contribution in [0.15, 0.2) is 29.2 Å². The Labute approximate surface area is 122 Å². The number of ether oxygens (including phenoxy) is 1. The molecule has 2 aromatic rings. The lowest BCUT2D eigenvalue weighted by molar-refractivity contribution is -0.0553. The summed E-state index contributed by atoms with van der Waals surface area (Å²) < 4.78 is 6.97. The third-order valence-corrected chi connectivity index (χ3v) is 3.69. The first-order valence-corrected chi connectivity index (χ1v) is 7.09. The van der Waals surface area contributed by atoms with Crippen LogP contribution >= 0.6 is 0 Å². The van der Waals surface area contributed by atoms with Gasteiger partial charge in [0.2, 0.25) is 0 Å². The summed E-state index contributed by atoms with van der Waals surface area (Å²) >= 11 is 0. The Morgan fingerprint density at radius 3 is 3.14 bits per heavy atom. The third kappa shape index (κ3) is 3.12. The second-order valence-corrected chi connectivity index (χ2v) is 5.43. The number of pyridine rings is 1. The fourth-order valence-corrected chi connectivity index (χ4v) is 2.60. The van der Waals surface area contributed by atoms with Gasteiger partial charge in [-0.25, -0.2) is 4.98 Å². The summed E-state index contributed by atoms with van der Waals surface area (Å²) in [6.07, 6.45) is 1.60. The van der Waals surface area contributed by atoms with Gasteiger partial charge >= 0.3 is 0 Å². The van der Waals surface area contributed by atoms with Gasteiger partial charge in [0.15, 0.2) is 0 Å². The second-order valence-electron chi connectivity index (χ2n) is 5.43. The Kier molecular flexibility index (Phi) is 4.01. The van der Waals surface area contributed by atoms with Crippen LogP contribution in [0.5, 0.6) is 0 Å². The van der Waals surface area contributed by atoms with Crippen LogP contribution in [0.2, 0.25) is 0 Å². The lowest BCUT2D eigenvalue weighted by Crippen LogP contribution is -2.43. The third-order valence-electron chi connectivity index (χ3n) is 3.69. The van der Waals surface area contributed by atoms with E-state index >= 15 is 0 Å². The Hall–Kier alpha value is -1.76. The van der Waals surface area contributed by atoms with E-state index < -0.39 is 0 Å². The van der Waals surface area contributed by atoms with Crippen molar-refractivity contribution < 1.29 is 9.84 Å². The van der Waals surface area contributed by atoms with E-state index in [2.05, 4.69) is 9.88 Å². The normalized spacial score (nSPS) is 20.0. The maximum absolute atomic E-state index is 12.1. The first-order valence-electron chi connectivity index (χ1n) is 7.09. The Morgan fingerprint density at radius 1 is 1.48 bits per heavy atom. The summed E-state index contributed by atoms with van der Waals surface area (Å²) in [6, 6.07) is 5.37. The summed E-state index contributed by atoms with van der Waals surface area (Å²) in [5.74, 6) is 0. The quantitative estimate of drug-likeness (QED) is 0.874. The molecule has 1 unspecified atom stereocenters. The Morgan fingerprint density at radius 2 is 2.33 bits per heavy atom. The maximum Gasteiger partial charge on any atom is 0.258 e. The molecule has 3 heterocycles. The van der Waals surface area contributed by atoms with Gasteiger partial charge in [0.1, 0.15) is 5.65 Å². The highest BCUT2D eigenvalue weighted by atomic mass is 16.5. The molecular formula is C15H19N3O3. The van der Waals surface area contributed by atoms with Gasteiger partial charge in [-0.15, -0.1) is 0 Å². The van der Waals surface area contributed by atoms with E-state index in [1.165, 1.54) is 0 Å². The van der Waals surface area contributed by atoms with Crippen LogP contribution in [-0.4, -0.2) is 51.8 Å². The van der Waals surface area contributed by atoms with Gasteiger partial charge in [-0.1, -0.05) is 0 Å². The van der Waals surface area contributed by atoms with Gasteiger partial charge in [0, 0.05) is 31.9 Å². The summed E-state index contributed by atoms with van der Waals surface area (Å²) in [4.78, 5) is 18.8. The molecule has 3 rings (SSSR count). The molecule has 1 aliphatic rings. The highest BCUT2D eigenvalue weighted by Gasteiger charge is 2.20. The summed E-state index contributed by atoms with van der Waals surface area (Å²) in [5, 5.41) is 9.17. The molecule has 112 valence electrons. The molecule has 1 N–H and O–H groups in total. The highest BCUT2D eigenvalue weighted by Crippen LogP contribution is 2.09. The number of aryl methyl sites for hydroxylation is 1. The molecular weight excluding hydrogens is 270 g/mol. The monoisotopic (exact) mass is 289 g/mol. The molecule has 1 saturated heterocycles. The summed E-state index contributed by atoms with van der Waals surface area (Å²) in [7, 11) is 0. The molecule has 1 atom stereocenters. The molecule has 0 spiro atoms. The highest BCUT2D eigenvalue weighted by molar-refractivity contribution is 5.41. The largest absolute Gasteiger partial charge is 0.394 e. The minimum Gasteiger partial charge on any atom is -0.394 e. The van der Waals surface area contributed by atoms with Crippen LogP contribution in [0.3, 0.4) is 0 Å².